The van der Waals surface area contributed by atoms with Crippen LogP contribution in [0.25, 0.3) is 0 Å². The average Bonchev–Trinajstić information content (AvgIpc) is 2.00. The van der Waals surface area contributed by atoms with Gasteiger partial charge in [-0.3, -0.25) is 4.79 Å². The molecule has 0 saturated heterocycles. The maximum atomic E-state index is 10.6. The summed E-state index contributed by atoms with van der Waals surface area (Å²) in [7, 11) is 0. The molecule has 0 heterocycles. The van der Waals surface area contributed by atoms with Crippen LogP contribution in [0.2, 0.25) is 0 Å². The first-order valence-corrected chi connectivity index (χ1v) is 4.03. The van der Waals surface area contributed by atoms with E-state index >= 15 is 0 Å². The Morgan fingerprint density at radius 3 is 2.58 bits per heavy atom. The van der Waals surface area contributed by atoms with Gasteiger partial charge in [-0.05, 0) is 26.7 Å². The largest absolute Gasteiger partial charge is 0.385 e. The highest BCUT2D eigenvalue weighted by molar-refractivity contribution is 5.80. The Morgan fingerprint density at radius 2 is 2.17 bits per heavy atom. The Bertz CT molecular complexity index is 192. The van der Waals surface area contributed by atoms with Crippen molar-refractivity contribution in [3.05, 3.63) is 24.3 Å². The van der Waals surface area contributed by atoms with Gasteiger partial charge in [-0.15, -0.1) is 6.58 Å². The molecule has 68 valence electrons. The molecule has 0 bridgehead atoms. The van der Waals surface area contributed by atoms with E-state index in [0.29, 0.717) is 6.42 Å². The zero-order valence-electron chi connectivity index (χ0n) is 7.71. The molecule has 0 amide bonds. The number of allylic oxidation sites excluding steroid dienone is 2. The van der Waals surface area contributed by atoms with Crippen LogP contribution < -0.4 is 0 Å². The average molecular weight is 168 g/mol. The van der Waals surface area contributed by atoms with Gasteiger partial charge in [-0.1, -0.05) is 17.7 Å². The summed E-state index contributed by atoms with van der Waals surface area (Å²) in [5.74, 6) is -0.183. The zero-order valence-corrected chi connectivity index (χ0v) is 7.71. The molecule has 0 aromatic rings. The summed E-state index contributed by atoms with van der Waals surface area (Å²) in [4.78, 5) is 10.6. The fourth-order valence-electron chi connectivity index (χ4n) is 0.790. The van der Waals surface area contributed by atoms with E-state index in [4.69, 9.17) is 5.11 Å². The summed E-state index contributed by atoms with van der Waals surface area (Å²) >= 11 is 0. The molecule has 0 fully saturated rings. The number of hydrogen-bond acceptors (Lipinski definition) is 2. The molecule has 0 saturated carbocycles. The second kappa shape index (κ2) is 5.72. The van der Waals surface area contributed by atoms with Crippen LogP contribution >= 0.6 is 0 Å². The maximum Gasteiger partial charge on any atom is 0.158 e. The van der Waals surface area contributed by atoms with E-state index in [0.717, 1.165) is 12.0 Å². The third-order valence-electron chi connectivity index (χ3n) is 1.63. The van der Waals surface area contributed by atoms with Crippen LogP contribution in [0.1, 0.15) is 26.7 Å². The van der Waals surface area contributed by atoms with E-state index in [1.165, 1.54) is 6.92 Å². The first-order chi connectivity index (χ1) is 5.57. The summed E-state index contributed by atoms with van der Waals surface area (Å²) in [5.41, 5.74) is 1.13. The lowest BCUT2D eigenvalue weighted by Crippen LogP contribution is -2.15. The molecule has 12 heavy (non-hydrogen) atoms. The van der Waals surface area contributed by atoms with Crippen LogP contribution in [0.3, 0.4) is 0 Å². The number of Topliss-reactive ketones (excluding diaryl/α,β-unsaturated/α-hetero) is 1. The van der Waals surface area contributed by atoms with Gasteiger partial charge >= 0.3 is 0 Å². The fraction of sp³-hybridized carbons (Fsp3) is 0.500. The number of rotatable bonds is 5. The van der Waals surface area contributed by atoms with Crippen LogP contribution in [-0.2, 0) is 4.79 Å². The van der Waals surface area contributed by atoms with Crippen LogP contribution in [0.5, 0.6) is 0 Å². The van der Waals surface area contributed by atoms with Crippen molar-refractivity contribution in [2.45, 2.75) is 32.8 Å². The molecule has 0 rings (SSSR count). The molecular weight excluding hydrogens is 152 g/mol. The van der Waals surface area contributed by atoms with Crippen molar-refractivity contribution < 1.29 is 9.90 Å². The monoisotopic (exact) mass is 168 g/mol. The van der Waals surface area contributed by atoms with Gasteiger partial charge < -0.3 is 5.11 Å². The molecule has 0 spiro atoms. The number of carbonyl (C=O) groups is 1. The van der Waals surface area contributed by atoms with Gasteiger partial charge in [0, 0.05) is 0 Å². The van der Waals surface area contributed by atoms with E-state index in [-0.39, 0.29) is 5.78 Å². The lowest BCUT2D eigenvalue weighted by atomic mass is 10.1. The molecule has 0 aliphatic heterocycles. The number of carbonyl (C=O) groups excluding carboxylic acids is 1. The second-order valence-electron chi connectivity index (χ2n) is 2.91. The SMILES string of the molecule is C=CC/C(C)=C\C[C@@H](O)C(C)=O. The Hall–Kier alpha value is -0.890. The highest BCUT2D eigenvalue weighted by Gasteiger charge is 2.06. The standard InChI is InChI=1S/C10H16O2/c1-4-5-8(2)6-7-10(12)9(3)11/h4,6,10,12H,1,5,7H2,2-3H3/b8-6-/t10-/m1/s1. The van der Waals surface area contributed by atoms with Crippen molar-refractivity contribution in [3.8, 4) is 0 Å². The molecule has 0 aliphatic carbocycles. The molecule has 0 aliphatic rings. The van der Waals surface area contributed by atoms with Crippen molar-refractivity contribution in [1.29, 1.82) is 0 Å². The van der Waals surface area contributed by atoms with E-state index in [2.05, 4.69) is 6.58 Å². The van der Waals surface area contributed by atoms with Gasteiger partial charge in [0.1, 0.15) is 6.10 Å². The molecule has 2 heteroatoms. The minimum absolute atomic E-state index is 0.183. The first-order valence-electron chi connectivity index (χ1n) is 4.03. The predicted octanol–water partition coefficient (Wildman–Crippen LogP) is 1.85. The molecule has 1 atom stereocenters. The normalized spacial score (nSPS) is 14.1. The van der Waals surface area contributed by atoms with E-state index in [1.54, 1.807) is 6.08 Å². The van der Waals surface area contributed by atoms with E-state index in [1.807, 2.05) is 13.0 Å². The number of ketones is 1. The van der Waals surface area contributed by atoms with Gasteiger partial charge in [0.15, 0.2) is 5.78 Å². The van der Waals surface area contributed by atoms with Crippen molar-refractivity contribution in [3.63, 3.8) is 0 Å². The minimum atomic E-state index is -0.843. The molecule has 0 aromatic heterocycles. The van der Waals surface area contributed by atoms with Crippen LogP contribution in [-0.4, -0.2) is 17.0 Å². The van der Waals surface area contributed by atoms with E-state index < -0.39 is 6.10 Å². The van der Waals surface area contributed by atoms with Crippen molar-refractivity contribution in [2.75, 3.05) is 0 Å². The summed E-state index contributed by atoms with van der Waals surface area (Å²) in [6.07, 6.45) is 4.05. The molecule has 0 aromatic carbocycles. The number of aliphatic hydroxyl groups excluding tert-OH is 1. The molecule has 0 radical (unpaired) electrons. The highest BCUT2D eigenvalue weighted by Crippen LogP contribution is 2.04. The maximum absolute atomic E-state index is 10.6. The molecule has 0 unspecified atom stereocenters. The van der Waals surface area contributed by atoms with Crippen molar-refractivity contribution >= 4 is 5.78 Å². The second-order valence-corrected chi connectivity index (χ2v) is 2.91. The van der Waals surface area contributed by atoms with Gasteiger partial charge in [-0.25, -0.2) is 0 Å². The van der Waals surface area contributed by atoms with Crippen molar-refractivity contribution in [2.24, 2.45) is 0 Å². The minimum Gasteiger partial charge on any atom is -0.385 e. The Morgan fingerprint density at radius 1 is 1.58 bits per heavy atom. The van der Waals surface area contributed by atoms with Crippen molar-refractivity contribution in [1.82, 2.24) is 0 Å². The molecular formula is C10H16O2. The lowest BCUT2D eigenvalue weighted by molar-refractivity contribution is -0.124. The van der Waals surface area contributed by atoms with Crippen LogP contribution in [0.4, 0.5) is 0 Å². The Balaban J connectivity index is 3.86. The van der Waals surface area contributed by atoms with Gasteiger partial charge in [0.25, 0.3) is 0 Å². The first kappa shape index (κ1) is 11.1. The van der Waals surface area contributed by atoms with Crippen LogP contribution in [0, 0.1) is 0 Å². The smallest absolute Gasteiger partial charge is 0.158 e. The highest BCUT2D eigenvalue weighted by atomic mass is 16.3. The third-order valence-corrected chi connectivity index (χ3v) is 1.63. The molecule has 2 nitrogen and oxygen atoms in total. The quantitative estimate of drug-likeness (QED) is 0.636. The predicted molar refractivity (Wildman–Crippen MR) is 49.9 cm³/mol. The Kier molecular flexibility index (Phi) is 5.30. The van der Waals surface area contributed by atoms with E-state index in [9.17, 15) is 4.79 Å². The fourth-order valence-corrected chi connectivity index (χ4v) is 0.790. The van der Waals surface area contributed by atoms with Crippen LogP contribution in [0.15, 0.2) is 24.3 Å². The summed E-state index contributed by atoms with van der Waals surface area (Å²) in [6, 6.07) is 0. The number of hydrogen-bond donors (Lipinski definition) is 1. The third kappa shape index (κ3) is 4.85. The topological polar surface area (TPSA) is 37.3 Å². The molecule has 1 N–H and O–H groups in total. The zero-order chi connectivity index (χ0) is 9.56. The van der Waals surface area contributed by atoms with Gasteiger partial charge in [0.2, 0.25) is 0 Å². The van der Waals surface area contributed by atoms with Gasteiger partial charge in [-0.2, -0.15) is 0 Å². The number of aliphatic hydroxyl groups is 1. The Labute approximate surface area is 73.6 Å². The summed E-state index contributed by atoms with van der Waals surface area (Å²) in [5, 5.41) is 9.12. The summed E-state index contributed by atoms with van der Waals surface area (Å²) < 4.78 is 0. The lowest BCUT2D eigenvalue weighted by Gasteiger charge is -2.02. The summed E-state index contributed by atoms with van der Waals surface area (Å²) in [6.45, 7) is 6.94. The van der Waals surface area contributed by atoms with Gasteiger partial charge in [0.05, 0.1) is 0 Å².